The first-order valence-electron chi connectivity index (χ1n) is 10.4. The van der Waals surface area contributed by atoms with Gasteiger partial charge in [-0.15, -0.1) is 10.2 Å². The number of alkyl halides is 3. The zero-order valence-corrected chi connectivity index (χ0v) is 17.5. The largest absolute Gasteiger partial charge is 0.416 e. The van der Waals surface area contributed by atoms with Crippen LogP contribution in [0.1, 0.15) is 33.9 Å². The van der Waals surface area contributed by atoms with Crippen molar-refractivity contribution in [2.75, 3.05) is 0 Å². The molecule has 0 spiro atoms. The highest BCUT2D eigenvalue weighted by atomic mass is 19.4. The normalized spacial score (nSPS) is 13.1. The molecular formula is C25H19F3N4O. The quantitative estimate of drug-likeness (QED) is 0.413. The molecule has 0 amide bonds. The molecule has 1 aliphatic rings. The number of benzene rings is 3. The van der Waals surface area contributed by atoms with Gasteiger partial charge < -0.3 is 4.74 Å². The van der Waals surface area contributed by atoms with Crippen molar-refractivity contribution in [1.29, 1.82) is 0 Å². The van der Waals surface area contributed by atoms with E-state index >= 15 is 0 Å². The minimum Gasteiger partial charge on any atom is -0.369 e. The number of hydrogen-bond acceptors (Lipinski definition) is 4. The van der Waals surface area contributed by atoms with Crippen molar-refractivity contribution in [1.82, 2.24) is 14.8 Å². The van der Waals surface area contributed by atoms with E-state index in [4.69, 9.17) is 4.74 Å². The summed E-state index contributed by atoms with van der Waals surface area (Å²) in [5, 5.41) is 8.48. The Morgan fingerprint density at radius 1 is 0.848 bits per heavy atom. The van der Waals surface area contributed by atoms with Crippen LogP contribution < -0.4 is 0 Å². The zero-order chi connectivity index (χ0) is 22.8. The van der Waals surface area contributed by atoms with Crippen LogP contribution in [-0.4, -0.2) is 20.5 Å². The Balaban J connectivity index is 1.55. The Morgan fingerprint density at radius 3 is 2.30 bits per heavy atom. The van der Waals surface area contributed by atoms with Crippen LogP contribution in [-0.2, 0) is 30.7 Å². The lowest BCUT2D eigenvalue weighted by molar-refractivity contribution is -0.137. The van der Waals surface area contributed by atoms with Gasteiger partial charge in [0.1, 0.15) is 13.2 Å². The maximum absolute atomic E-state index is 13.5. The fraction of sp³-hybridized carbons (Fsp3) is 0.160. The van der Waals surface area contributed by atoms with E-state index in [0.717, 1.165) is 23.3 Å². The van der Waals surface area contributed by atoms with E-state index in [1.807, 2.05) is 60.7 Å². The molecule has 0 saturated heterocycles. The smallest absolute Gasteiger partial charge is 0.369 e. The van der Waals surface area contributed by atoms with Crippen LogP contribution in [0.15, 0.2) is 83.9 Å². The van der Waals surface area contributed by atoms with Gasteiger partial charge in [0, 0.05) is 11.1 Å². The summed E-state index contributed by atoms with van der Waals surface area (Å²) in [7, 11) is 0. The molecule has 0 bridgehead atoms. The van der Waals surface area contributed by atoms with Gasteiger partial charge in [0.25, 0.3) is 0 Å². The molecule has 4 aromatic rings. The predicted octanol–water partition coefficient (Wildman–Crippen LogP) is 5.35. The topological polar surface area (TPSA) is 52.3 Å². The number of hydrogen-bond donors (Lipinski definition) is 0. The van der Waals surface area contributed by atoms with Gasteiger partial charge in [0.15, 0.2) is 11.6 Å². The zero-order valence-electron chi connectivity index (χ0n) is 17.5. The lowest BCUT2D eigenvalue weighted by Crippen LogP contribution is -2.13. The SMILES string of the molecule is FC(F)(F)c1ccc2c(c1)C(c1ccccc1)=NCc1nnc(COCc3ccccc3)n1-2. The van der Waals surface area contributed by atoms with E-state index in [1.54, 1.807) is 4.57 Å². The van der Waals surface area contributed by atoms with E-state index in [1.165, 1.54) is 6.07 Å². The van der Waals surface area contributed by atoms with Gasteiger partial charge in [0.05, 0.1) is 23.6 Å². The van der Waals surface area contributed by atoms with Gasteiger partial charge in [-0.25, -0.2) is 0 Å². The molecule has 1 aliphatic heterocycles. The molecule has 8 heteroatoms. The third kappa shape index (κ3) is 4.29. The first kappa shape index (κ1) is 21.1. The first-order valence-corrected chi connectivity index (χ1v) is 10.4. The molecule has 33 heavy (non-hydrogen) atoms. The second kappa shape index (κ2) is 8.63. The minimum absolute atomic E-state index is 0.156. The summed E-state index contributed by atoms with van der Waals surface area (Å²) in [4.78, 5) is 4.63. The van der Waals surface area contributed by atoms with Crippen LogP contribution in [0, 0.1) is 0 Å². The van der Waals surface area contributed by atoms with Crippen LogP contribution in [0.4, 0.5) is 13.2 Å². The molecule has 0 aliphatic carbocycles. The van der Waals surface area contributed by atoms with Crippen molar-refractivity contribution >= 4 is 5.71 Å². The lowest BCUT2D eigenvalue weighted by Gasteiger charge is -2.16. The van der Waals surface area contributed by atoms with Crippen molar-refractivity contribution in [2.24, 2.45) is 4.99 Å². The van der Waals surface area contributed by atoms with Crippen LogP contribution in [0.3, 0.4) is 0 Å². The molecule has 166 valence electrons. The monoisotopic (exact) mass is 448 g/mol. The summed E-state index contributed by atoms with van der Waals surface area (Å²) in [5.41, 5.74) is 2.42. The minimum atomic E-state index is -4.47. The number of halogens is 3. The van der Waals surface area contributed by atoms with Gasteiger partial charge in [-0.1, -0.05) is 60.7 Å². The number of fused-ring (bicyclic) bond motifs is 3. The molecule has 1 aromatic heterocycles. The van der Waals surface area contributed by atoms with Gasteiger partial charge in [0.2, 0.25) is 0 Å². The standard InChI is InChI=1S/C25H19F3N4O/c26-25(27,28)19-11-12-21-20(13-19)24(18-9-5-2-6-10-18)29-14-22-30-31-23(32(21)22)16-33-15-17-7-3-1-4-8-17/h1-13H,14-16H2. The van der Waals surface area contributed by atoms with Gasteiger partial charge >= 0.3 is 6.18 Å². The Hall–Kier alpha value is -3.78. The average molecular weight is 448 g/mol. The second-order valence-corrected chi connectivity index (χ2v) is 7.61. The van der Waals surface area contributed by atoms with Crippen molar-refractivity contribution in [3.05, 3.63) is 113 Å². The van der Waals surface area contributed by atoms with Crippen LogP contribution in [0.2, 0.25) is 0 Å². The van der Waals surface area contributed by atoms with Crippen molar-refractivity contribution < 1.29 is 17.9 Å². The lowest BCUT2D eigenvalue weighted by atomic mass is 9.98. The molecule has 0 unspecified atom stereocenters. The molecule has 0 radical (unpaired) electrons. The predicted molar refractivity (Wildman–Crippen MR) is 117 cm³/mol. The molecule has 5 nitrogen and oxygen atoms in total. The van der Waals surface area contributed by atoms with Crippen molar-refractivity contribution in [2.45, 2.75) is 25.9 Å². The maximum atomic E-state index is 13.5. The Bertz CT molecular complexity index is 1300. The van der Waals surface area contributed by atoms with Gasteiger partial charge in [-0.2, -0.15) is 13.2 Å². The second-order valence-electron chi connectivity index (χ2n) is 7.61. The third-order valence-electron chi connectivity index (χ3n) is 5.39. The summed E-state index contributed by atoms with van der Waals surface area (Å²) in [5.74, 6) is 1.05. The molecule has 0 saturated carbocycles. The molecule has 3 aromatic carbocycles. The van der Waals surface area contributed by atoms with Crippen LogP contribution >= 0.6 is 0 Å². The summed E-state index contributed by atoms with van der Waals surface area (Å²) >= 11 is 0. The molecule has 0 fully saturated rings. The third-order valence-corrected chi connectivity index (χ3v) is 5.39. The molecule has 0 atom stereocenters. The maximum Gasteiger partial charge on any atom is 0.416 e. The number of aromatic nitrogens is 3. The summed E-state index contributed by atoms with van der Waals surface area (Å²) < 4.78 is 48.2. The summed E-state index contributed by atoms with van der Waals surface area (Å²) in [6, 6.07) is 22.6. The molecular weight excluding hydrogens is 429 g/mol. The first-order chi connectivity index (χ1) is 16.0. The van der Waals surface area contributed by atoms with E-state index in [2.05, 4.69) is 15.2 Å². The van der Waals surface area contributed by atoms with Crippen molar-refractivity contribution in [3.63, 3.8) is 0 Å². The number of rotatable bonds is 5. The summed E-state index contributed by atoms with van der Waals surface area (Å²) in [6.45, 7) is 0.726. The van der Waals surface area contributed by atoms with E-state index < -0.39 is 11.7 Å². The number of aliphatic imine (C=N–C) groups is 1. The highest BCUT2D eigenvalue weighted by Crippen LogP contribution is 2.34. The average Bonchev–Trinajstić information content (AvgIpc) is 3.14. The number of nitrogens with zero attached hydrogens (tertiary/aromatic N) is 4. The highest BCUT2D eigenvalue weighted by molar-refractivity contribution is 6.15. The fourth-order valence-corrected chi connectivity index (χ4v) is 3.84. The Morgan fingerprint density at radius 2 is 1.58 bits per heavy atom. The van der Waals surface area contributed by atoms with Crippen LogP contribution in [0.5, 0.6) is 0 Å². The van der Waals surface area contributed by atoms with E-state index in [0.29, 0.717) is 35.2 Å². The van der Waals surface area contributed by atoms with Crippen molar-refractivity contribution in [3.8, 4) is 5.69 Å². The van der Waals surface area contributed by atoms with Crippen LogP contribution in [0.25, 0.3) is 5.69 Å². The van der Waals surface area contributed by atoms with E-state index in [9.17, 15) is 13.2 Å². The molecule has 5 rings (SSSR count). The number of ether oxygens (including phenoxy) is 1. The van der Waals surface area contributed by atoms with Gasteiger partial charge in [-0.3, -0.25) is 9.56 Å². The fourth-order valence-electron chi connectivity index (χ4n) is 3.84. The Labute approximate surface area is 188 Å². The Kier molecular flexibility index (Phi) is 5.51. The molecule has 0 N–H and O–H groups in total. The summed E-state index contributed by atoms with van der Waals surface area (Å²) in [6.07, 6.45) is -4.47. The molecule has 2 heterocycles. The van der Waals surface area contributed by atoms with E-state index in [-0.39, 0.29) is 13.2 Å². The van der Waals surface area contributed by atoms with Gasteiger partial charge in [-0.05, 0) is 23.8 Å². The highest BCUT2D eigenvalue weighted by Gasteiger charge is 2.33.